The number of halogens is 2. The van der Waals surface area contributed by atoms with Crippen LogP contribution in [0.15, 0.2) is 27.2 Å². The van der Waals surface area contributed by atoms with Crippen LogP contribution in [0.3, 0.4) is 0 Å². The quantitative estimate of drug-likeness (QED) is 0.422. The number of carbonyl (C=O) groups is 2. The molecule has 1 unspecified atom stereocenters. The van der Waals surface area contributed by atoms with Crippen LogP contribution in [0, 0.1) is 11.3 Å². The molecule has 0 aliphatic heterocycles. The topological polar surface area (TPSA) is 81.4 Å². The Morgan fingerprint density at radius 2 is 2.00 bits per heavy atom. The second-order valence-electron chi connectivity index (χ2n) is 8.71. The molecular weight excluding hydrogens is 544 g/mol. The standard InChI is InChI=1S/C23H26Br2N2O3S/c1-23(2,3)13-6-7-15-17(10-13)31-22(19(15)21(26)29)27-18(28)8-5-12-9-14(24)11-16(25)20(12)30-4/h5,8-9,11,13H,6-7,10H2,1-4H3,(H2,26,29)(H,27,28)/b8-5+. The third kappa shape index (κ3) is 5.41. The predicted molar refractivity (Wildman–Crippen MR) is 134 cm³/mol. The summed E-state index contributed by atoms with van der Waals surface area (Å²) in [6.45, 7) is 6.73. The molecule has 1 atom stereocenters. The van der Waals surface area contributed by atoms with E-state index in [-0.39, 0.29) is 11.3 Å². The van der Waals surface area contributed by atoms with Gasteiger partial charge in [-0.3, -0.25) is 9.59 Å². The lowest BCUT2D eigenvalue weighted by Gasteiger charge is -2.33. The van der Waals surface area contributed by atoms with Crippen LogP contribution in [0.1, 0.15) is 53.6 Å². The van der Waals surface area contributed by atoms with E-state index in [1.807, 2.05) is 12.1 Å². The van der Waals surface area contributed by atoms with Crippen LogP contribution in [0.4, 0.5) is 5.00 Å². The fourth-order valence-corrected chi connectivity index (χ4v) is 6.67. The van der Waals surface area contributed by atoms with Crippen LogP contribution in [-0.2, 0) is 17.6 Å². The van der Waals surface area contributed by atoms with Crippen LogP contribution in [-0.4, -0.2) is 18.9 Å². The van der Waals surface area contributed by atoms with E-state index in [2.05, 4.69) is 57.9 Å². The number of benzene rings is 1. The van der Waals surface area contributed by atoms with Gasteiger partial charge in [0.1, 0.15) is 10.8 Å². The lowest BCUT2D eigenvalue weighted by molar-refractivity contribution is -0.111. The van der Waals surface area contributed by atoms with Gasteiger partial charge in [-0.25, -0.2) is 0 Å². The smallest absolute Gasteiger partial charge is 0.251 e. The Morgan fingerprint density at radius 3 is 2.61 bits per heavy atom. The summed E-state index contributed by atoms with van der Waals surface area (Å²) in [5, 5.41) is 3.40. The molecule has 0 saturated heterocycles. The first-order valence-corrected chi connectivity index (χ1v) is 12.4. The summed E-state index contributed by atoms with van der Waals surface area (Å²) in [5.74, 6) is 0.338. The number of fused-ring (bicyclic) bond motifs is 1. The number of hydrogen-bond donors (Lipinski definition) is 2. The SMILES string of the molecule is COc1c(Br)cc(Br)cc1/C=C/C(=O)Nc1sc2c(c1C(N)=O)CCC(C(C)(C)C)C2. The molecule has 0 bridgehead atoms. The second kappa shape index (κ2) is 9.46. The summed E-state index contributed by atoms with van der Waals surface area (Å²) in [6.07, 6.45) is 5.83. The molecule has 5 nitrogen and oxygen atoms in total. The van der Waals surface area contributed by atoms with Crippen molar-refractivity contribution in [3.8, 4) is 5.75 Å². The molecule has 3 rings (SSSR count). The number of rotatable bonds is 5. The summed E-state index contributed by atoms with van der Waals surface area (Å²) in [4.78, 5) is 26.0. The highest BCUT2D eigenvalue weighted by molar-refractivity contribution is 9.11. The first-order chi connectivity index (χ1) is 14.5. The molecule has 0 fully saturated rings. The predicted octanol–water partition coefficient (Wildman–Crippen LogP) is 6.18. The van der Waals surface area contributed by atoms with Crippen molar-refractivity contribution < 1.29 is 14.3 Å². The monoisotopic (exact) mass is 568 g/mol. The molecule has 2 aromatic rings. The molecule has 1 aliphatic rings. The largest absolute Gasteiger partial charge is 0.495 e. The number of nitrogens with one attached hydrogen (secondary N) is 1. The van der Waals surface area contributed by atoms with Crippen molar-refractivity contribution in [3.05, 3.63) is 48.7 Å². The third-order valence-corrected chi connectivity index (χ3v) is 7.85. The van der Waals surface area contributed by atoms with E-state index in [1.54, 1.807) is 13.2 Å². The Balaban J connectivity index is 1.85. The number of nitrogens with two attached hydrogens (primary N) is 1. The maximum atomic E-state index is 12.7. The van der Waals surface area contributed by atoms with Gasteiger partial charge >= 0.3 is 0 Å². The molecule has 1 aromatic carbocycles. The Morgan fingerprint density at radius 1 is 1.29 bits per heavy atom. The van der Waals surface area contributed by atoms with Crippen molar-refractivity contribution in [2.24, 2.45) is 17.1 Å². The van der Waals surface area contributed by atoms with Gasteiger partial charge < -0.3 is 15.8 Å². The van der Waals surface area contributed by atoms with Crippen LogP contribution in [0.2, 0.25) is 0 Å². The minimum atomic E-state index is -0.497. The maximum absolute atomic E-state index is 12.7. The van der Waals surface area contributed by atoms with Gasteiger partial charge in [-0.1, -0.05) is 36.7 Å². The maximum Gasteiger partial charge on any atom is 0.251 e. The number of ether oxygens (including phenoxy) is 1. The van der Waals surface area contributed by atoms with Crippen molar-refractivity contribution in [2.75, 3.05) is 12.4 Å². The number of amides is 2. The van der Waals surface area contributed by atoms with E-state index in [1.165, 1.54) is 17.4 Å². The zero-order valence-electron chi connectivity index (χ0n) is 18.0. The summed E-state index contributed by atoms with van der Waals surface area (Å²) < 4.78 is 7.05. The first kappa shape index (κ1) is 24.0. The Bertz CT molecular complexity index is 1050. The lowest BCUT2D eigenvalue weighted by atomic mass is 9.72. The molecule has 1 heterocycles. The summed E-state index contributed by atoms with van der Waals surface area (Å²) in [6, 6.07) is 3.73. The summed E-state index contributed by atoms with van der Waals surface area (Å²) in [7, 11) is 1.57. The molecule has 2 amide bonds. The first-order valence-electron chi connectivity index (χ1n) is 9.97. The molecule has 0 saturated carbocycles. The number of methoxy groups -OCH3 is 1. The van der Waals surface area contributed by atoms with Gasteiger partial charge in [0.25, 0.3) is 5.91 Å². The van der Waals surface area contributed by atoms with Crippen LogP contribution in [0.5, 0.6) is 5.75 Å². The molecule has 1 aliphatic carbocycles. The molecule has 3 N–H and O–H groups in total. The fourth-order valence-electron chi connectivity index (χ4n) is 3.91. The van der Waals surface area contributed by atoms with E-state index in [4.69, 9.17) is 10.5 Å². The number of primary amides is 1. The van der Waals surface area contributed by atoms with Gasteiger partial charge in [0, 0.05) is 21.0 Å². The van der Waals surface area contributed by atoms with E-state index < -0.39 is 5.91 Å². The van der Waals surface area contributed by atoms with Crippen LogP contribution < -0.4 is 15.8 Å². The molecule has 8 heteroatoms. The van der Waals surface area contributed by atoms with Gasteiger partial charge in [0.15, 0.2) is 0 Å². The van der Waals surface area contributed by atoms with Gasteiger partial charge in [-0.05, 0) is 70.3 Å². The van der Waals surface area contributed by atoms with E-state index in [0.29, 0.717) is 22.2 Å². The normalized spacial score (nSPS) is 16.3. The van der Waals surface area contributed by atoms with Crippen molar-refractivity contribution in [1.82, 2.24) is 0 Å². The minimum Gasteiger partial charge on any atom is -0.495 e. The van der Waals surface area contributed by atoms with E-state index in [9.17, 15) is 9.59 Å². The molecule has 0 radical (unpaired) electrons. The van der Waals surface area contributed by atoms with Gasteiger partial charge in [-0.15, -0.1) is 11.3 Å². The number of thiophene rings is 1. The second-order valence-corrected chi connectivity index (χ2v) is 11.6. The number of hydrogen-bond acceptors (Lipinski definition) is 4. The highest BCUT2D eigenvalue weighted by Crippen LogP contribution is 2.44. The Kier molecular flexibility index (Phi) is 7.33. The molecular formula is C23H26Br2N2O3S. The van der Waals surface area contributed by atoms with E-state index >= 15 is 0 Å². The average molecular weight is 570 g/mol. The third-order valence-electron chi connectivity index (χ3n) is 5.63. The van der Waals surface area contributed by atoms with Crippen molar-refractivity contribution >= 4 is 66.1 Å². The Hall–Kier alpha value is -1.64. The van der Waals surface area contributed by atoms with Crippen molar-refractivity contribution in [1.29, 1.82) is 0 Å². The van der Waals surface area contributed by atoms with Crippen LogP contribution >= 0.6 is 43.2 Å². The highest BCUT2D eigenvalue weighted by Gasteiger charge is 2.33. The van der Waals surface area contributed by atoms with E-state index in [0.717, 1.165) is 44.2 Å². The molecule has 166 valence electrons. The number of carbonyl (C=O) groups excluding carboxylic acids is 2. The van der Waals surface area contributed by atoms with Crippen molar-refractivity contribution in [2.45, 2.75) is 40.0 Å². The zero-order chi connectivity index (χ0) is 22.9. The zero-order valence-corrected chi connectivity index (χ0v) is 22.0. The molecule has 0 spiro atoms. The van der Waals surface area contributed by atoms with Gasteiger partial charge in [-0.2, -0.15) is 0 Å². The number of anilines is 1. The Labute approximate surface area is 203 Å². The van der Waals surface area contributed by atoms with Crippen molar-refractivity contribution in [3.63, 3.8) is 0 Å². The van der Waals surface area contributed by atoms with Crippen LogP contribution in [0.25, 0.3) is 6.08 Å². The van der Waals surface area contributed by atoms with Gasteiger partial charge in [0.2, 0.25) is 5.91 Å². The summed E-state index contributed by atoms with van der Waals surface area (Å²) in [5.41, 5.74) is 8.07. The lowest BCUT2D eigenvalue weighted by Crippen LogP contribution is -2.27. The van der Waals surface area contributed by atoms with Gasteiger partial charge in [0.05, 0.1) is 17.1 Å². The summed E-state index contributed by atoms with van der Waals surface area (Å²) >= 11 is 8.37. The molecule has 31 heavy (non-hydrogen) atoms. The highest BCUT2D eigenvalue weighted by atomic mass is 79.9. The minimum absolute atomic E-state index is 0.192. The fraction of sp³-hybridized carbons (Fsp3) is 0.391. The molecule has 1 aromatic heterocycles. The average Bonchev–Trinajstić information content (AvgIpc) is 3.02.